The van der Waals surface area contributed by atoms with Crippen molar-refractivity contribution in [1.29, 1.82) is 0 Å². The Labute approximate surface area is 178 Å². The maximum absolute atomic E-state index is 12.2. The molecule has 0 radical (unpaired) electrons. The molecule has 1 aliphatic rings. The minimum atomic E-state index is -0.275. The van der Waals surface area contributed by atoms with Gasteiger partial charge in [-0.3, -0.25) is 14.5 Å². The highest BCUT2D eigenvalue weighted by Crippen LogP contribution is 2.21. The van der Waals surface area contributed by atoms with Gasteiger partial charge in [-0.2, -0.15) is 0 Å². The molecule has 0 amide bonds. The van der Waals surface area contributed by atoms with Crippen LogP contribution in [-0.2, 0) is 19.1 Å². The predicted octanol–water partition coefficient (Wildman–Crippen LogP) is 5.99. The van der Waals surface area contributed by atoms with E-state index < -0.39 is 0 Å². The van der Waals surface area contributed by atoms with Gasteiger partial charge in [0.05, 0.1) is 0 Å². The van der Waals surface area contributed by atoms with Crippen LogP contribution in [0.3, 0.4) is 0 Å². The first-order chi connectivity index (χ1) is 14.1. The summed E-state index contributed by atoms with van der Waals surface area (Å²) in [6, 6.07) is 0. The van der Waals surface area contributed by atoms with Gasteiger partial charge in [0.15, 0.2) is 6.23 Å². The molecule has 5 heteroatoms. The second-order valence-electron chi connectivity index (χ2n) is 8.60. The maximum atomic E-state index is 12.2. The van der Waals surface area contributed by atoms with Gasteiger partial charge in [0, 0.05) is 25.8 Å². The molecule has 2 unspecified atom stereocenters. The summed E-state index contributed by atoms with van der Waals surface area (Å²) in [6.07, 6.45) is 15.9. The molecule has 0 spiro atoms. The second-order valence-corrected chi connectivity index (χ2v) is 8.60. The number of hydrogen-bond acceptors (Lipinski definition) is 5. The van der Waals surface area contributed by atoms with Gasteiger partial charge >= 0.3 is 11.9 Å². The number of nitrogens with zero attached hydrogens (tertiary/aromatic N) is 1. The lowest BCUT2D eigenvalue weighted by Gasteiger charge is -2.35. The Morgan fingerprint density at radius 1 is 0.759 bits per heavy atom. The third-order valence-electron chi connectivity index (χ3n) is 5.79. The van der Waals surface area contributed by atoms with Gasteiger partial charge in [0.1, 0.15) is 6.10 Å². The summed E-state index contributed by atoms with van der Waals surface area (Å²) in [4.78, 5) is 26.3. The molecule has 0 N–H and O–H groups in total. The van der Waals surface area contributed by atoms with Crippen molar-refractivity contribution >= 4 is 11.9 Å². The SMILES string of the molecule is CCCCCCCCCC(=O)OC1CC(OC(=O)CCCCCCC)CCN1C. The fraction of sp³-hybridized carbons (Fsp3) is 0.917. The van der Waals surface area contributed by atoms with E-state index in [0.29, 0.717) is 19.3 Å². The number of likely N-dealkylation sites (tertiary alicyclic amines) is 1. The highest BCUT2D eigenvalue weighted by Gasteiger charge is 2.30. The number of carbonyl (C=O) groups excluding carboxylic acids is 2. The molecule has 2 atom stereocenters. The molecular weight excluding hydrogens is 366 g/mol. The first kappa shape index (κ1) is 25.9. The molecule has 0 aliphatic carbocycles. The van der Waals surface area contributed by atoms with Crippen LogP contribution in [0.2, 0.25) is 0 Å². The Morgan fingerprint density at radius 3 is 1.79 bits per heavy atom. The van der Waals surface area contributed by atoms with Crippen molar-refractivity contribution in [3.63, 3.8) is 0 Å². The molecule has 5 nitrogen and oxygen atoms in total. The Bertz CT molecular complexity index is 441. The molecule has 0 bridgehead atoms. The van der Waals surface area contributed by atoms with E-state index in [1.807, 2.05) is 7.05 Å². The van der Waals surface area contributed by atoms with Gasteiger partial charge in [-0.25, -0.2) is 0 Å². The number of ether oxygens (including phenoxy) is 2. The van der Waals surface area contributed by atoms with E-state index in [9.17, 15) is 9.59 Å². The molecule has 0 aromatic heterocycles. The Hall–Kier alpha value is -1.10. The minimum Gasteiger partial charge on any atom is -0.462 e. The molecule has 29 heavy (non-hydrogen) atoms. The van der Waals surface area contributed by atoms with Crippen molar-refractivity contribution in [1.82, 2.24) is 4.90 Å². The number of unbranched alkanes of at least 4 members (excludes halogenated alkanes) is 10. The van der Waals surface area contributed by atoms with Crippen molar-refractivity contribution in [2.75, 3.05) is 13.6 Å². The van der Waals surface area contributed by atoms with E-state index in [0.717, 1.165) is 38.6 Å². The van der Waals surface area contributed by atoms with Crippen LogP contribution in [0.4, 0.5) is 0 Å². The van der Waals surface area contributed by atoms with Crippen LogP contribution in [-0.4, -0.2) is 42.8 Å². The molecule has 0 aromatic carbocycles. The fourth-order valence-corrected chi connectivity index (χ4v) is 3.81. The minimum absolute atomic E-state index is 0.107. The Morgan fingerprint density at radius 2 is 1.24 bits per heavy atom. The zero-order chi connectivity index (χ0) is 21.3. The van der Waals surface area contributed by atoms with Crippen LogP contribution in [0.1, 0.15) is 117 Å². The summed E-state index contributed by atoms with van der Waals surface area (Å²) in [7, 11) is 1.97. The van der Waals surface area contributed by atoms with Gasteiger partial charge in [0.2, 0.25) is 0 Å². The van der Waals surface area contributed by atoms with Gasteiger partial charge in [0.25, 0.3) is 0 Å². The predicted molar refractivity (Wildman–Crippen MR) is 118 cm³/mol. The lowest BCUT2D eigenvalue weighted by Crippen LogP contribution is -2.45. The molecule has 1 rings (SSSR count). The van der Waals surface area contributed by atoms with E-state index >= 15 is 0 Å². The lowest BCUT2D eigenvalue weighted by atomic mass is 10.1. The summed E-state index contributed by atoms with van der Waals surface area (Å²) >= 11 is 0. The summed E-state index contributed by atoms with van der Waals surface area (Å²) < 4.78 is 11.3. The quantitative estimate of drug-likeness (QED) is 0.230. The van der Waals surface area contributed by atoms with Crippen molar-refractivity contribution in [3.05, 3.63) is 0 Å². The number of carbonyl (C=O) groups is 2. The monoisotopic (exact) mass is 411 g/mol. The van der Waals surface area contributed by atoms with Gasteiger partial charge in [-0.15, -0.1) is 0 Å². The van der Waals surface area contributed by atoms with E-state index in [4.69, 9.17) is 9.47 Å². The highest BCUT2D eigenvalue weighted by molar-refractivity contribution is 5.70. The average Bonchev–Trinajstić information content (AvgIpc) is 2.69. The molecule has 1 aliphatic heterocycles. The first-order valence-corrected chi connectivity index (χ1v) is 12.2. The van der Waals surface area contributed by atoms with Gasteiger partial charge < -0.3 is 9.47 Å². The highest BCUT2D eigenvalue weighted by atomic mass is 16.6. The second kappa shape index (κ2) is 16.7. The van der Waals surface area contributed by atoms with Crippen molar-refractivity contribution in [2.24, 2.45) is 0 Å². The number of hydrogen-bond donors (Lipinski definition) is 0. The van der Waals surface area contributed by atoms with Gasteiger partial charge in [-0.1, -0.05) is 78.1 Å². The lowest BCUT2D eigenvalue weighted by molar-refractivity contribution is -0.171. The maximum Gasteiger partial charge on any atom is 0.307 e. The zero-order valence-electron chi connectivity index (χ0n) is 19.3. The molecule has 0 aromatic rings. The fourth-order valence-electron chi connectivity index (χ4n) is 3.81. The van der Waals surface area contributed by atoms with Crippen LogP contribution < -0.4 is 0 Å². The smallest absolute Gasteiger partial charge is 0.307 e. The molecular formula is C24H45NO4. The zero-order valence-corrected chi connectivity index (χ0v) is 19.3. The Kier molecular flexibility index (Phi) is 14.9. The molecule has 1 fully saturated rings. The third-order valence-corrected chi connectivity index (χ3v) is 5.79. The van der Waals surface area contributed by atoms with Crippen molar-refractivity contribution < 1.29 is 19.1 Å². The molecule has 1 saturated heterocycles. The summed E-state index contributed by atoms with van der Waals surface area (Å²) in [5.74, 6) is -0.234. The number of piperidine rings is 1. The van der Waals surface area contributed by atoms with Crippen LogP contribution in [0.15, 0.2) is 0 Å². The summed E-state index contributed by atoms with van der Waals surface area (Å²) in [6.45, 7) is 5.19. The van der Waals surface area contributed by atoms with E-state index in [2.05, 4.69) is 18.7 Å². The normalized spacial score (nSPS) is 19.8. The van der Waals surface area contributed by atoms with Crippen LogP contribution in [0.5, 0.6) is 0 Å². The summed E-state index contributed by atoms with van der Waals surface area (Å²) in [5, 5.41) is 0. The molecule has 170 valence electrons. The largest absolute Gasteiger partial charge is 0.462 e. The standard InChI is InChI=1S/C24H45NO4/c1-4-6-8-10-11-13-15-17-24(27)29-22-20-21(18-19-25(22)3)28-23(26)16-14-12-9-7-5-2/h21-22H,4-20H2,1-3H3. The van der Waals surface area contributed by atoms with Crippen LogP contribution >= 0.6 is 0 Å². The van der Waals surface area contributed by atoms with Crippen LogP contribution in [0, 0.1) is 0 Å². The molecule has 1 heterocycles. The van der Waals surface area contributed by atoms with E-state index in [1.54, 1.807) is 0 Å². The number of esters is 2. The van der Waals surface area contributed by atoms with Crippen LogP contribution in [0.25, 0.3) is 0 Å². The summed E-state index contributed by atoms with van der Waals surface area (Å²) in [5.41, 5.74) is 0. The van der Waals surface area contributed by atoms with Crippen molar-refractivity contribution in [2.45, 2.75) is 129 Å². The van der Waals surface area contributed by atoms with Gasteiger partial charge in [-0.05, 0) is 26.3 Å². The van der Waals surface area contributed by atoms with E-state index in [-0.39, 0.29) is 24.3 Å². The average molecular weight is 412 g/mol. The Balaban J connectivity index is 2.19. The first-order valence-electron chi connectivity index (χ1n) is 12.2. The molecule has 0 saturated carbocycles. The topological polar surface area (TPSA) is 55.8 Å². The van der Waals surface area contributed by atoms with E-state index in [1.165, 1.54) is 51.4 Å². The number of rotatable bonds is 16. The van der Waals surface area contributed by atoms with Crippen molar-refractivity contribution in [3.8, 4) is 0 Å². The third kappa shape index (κ3) is 12.9.